The van der Waals surface area contributed by atoms with Gasteiger partial charge in [0.25, 0.3) is 5.56 Å². The van der Waals surface area contributed by atoms with E-state index in [0.29, 0.717) is 29.7 Å². The van der Waals surface area contributed by atoms with E-state index >= 15 is 0 Å². The predicted molar refractivity (Wildman–Crippen MR) is 165 cm³/mol. The van der Waals surface area contributed by atoms with Crippen LogP contribution in [0.2, 0.25) is 0 Å². The Morgan fingerprint density at radius 1 is 1.05 bits per heavy atom. The molecule has 2 aliphatic heterocycles. The second-order valence-electron chi connectivity index (χ2n) is 11.1. The first-order valence-electron chi connectivity index (χ1n) is 14.5. The third-order valence-corrected chi connectivity index (χ3v) is 8.25. The van der Waals surface area contributed by atoms with Gasteiger partial charge in [-0.05, 0) is 49.7 Å². The number of anilines is 1. The number of amides is 1. The number of para-hydroxylation sites is 1. The number of rotatable bonds is 7. The maximum absolute atomic E-state index is 13.1. The molecule has 0 bridgehead atoms. The van der Waals surface area contributed by atoms with Gasteiger partial charge in [0.15, 0.2) is 5.82 Å². The van der Waals surface area contributed by atoms with Crippen LogP contribution < -0.4 is 16.0 Å². The summed E-state index contributed by atoms with van der Waals surface area (Å²) in [7, 11) is 2.14. The molecule has 10 heteroatoms. The van der Waals surface area contributed by atoms with Crippen molar-refractivity contribution in [3.05, 3.63) is 83.3 Å². The predicted octanol–water partition coefficient (Wildman–Crippen LogP) is 3.73. The van der Waals surface area contributed by atoms with Gasteiger partial charge in [-0.15, -0.1) is 0 Å². The Kier molecular flexibility index (Phi) is 8.07. The molecule has 2 fully saturated rings. The molecule has 0 saturated carbocycles. The molecule has 218 valence electrons. The Bertz CT molecular complexity index is 1620. The van der Waals surface area contributed by atoms with E-state index in [4.69, 9.17) is 10.5 Å². The molecular weight excluding hydrogens is 530 g/mol. The molecule has 6 rings (SSSR count). The van der Waals surface area contributed by atoms with E-state index in [1.165, 1.54) is 0 Å². The lowest BCUT2D eigenvalue weighted by Gasteiger charge is -2.33. The molecule has 0 unspecified atom stereocenters. The summed E-state index contributed by atoms with van der Waals surface area (Å²) in [6, 6.07) is 17.3. The first kappa shape index (κ1) is 27.7. The van der Waals surface area contributed by atoms with Crippen LogP contribution in [0.4, 0.5) is 5.82 Å². The zero-order chi connectivity index (χ0) is 29.1. The topological polar surface area (TPSA) is 113 Å². The molecule has 0 aliphatic carbocycles. The second-order valence-corrected chi connectivity index (χ2v) is 11.1. The lowest BCUT2D eigenvalue weighted by Crippen LogP contribution is -2.44. The van der Waals surface area contributed by atoms with Crippen LogP contribution in [0.25, 0.3) is 22.0 Å². The summed E-state index contributed by atoms with van der Waals surface area (Å²) >= 11 is 0. The molecule has 4 aromatic rings. The zero-order valence-corrected chi connectivity index (χ0v) is 23.9. The molecule has 10 nitrogen and oxygen atoms in total. The van der Waals surface area contributed by atoms with Gasteiger partial charge in [0.05, 0.1) is 11.4 Å². The van der Waals surface area contributed by atoms with Crippen LogP contribution in [-0.4, -0.2) is 88.2 Å². The molecule has 2 aromatic heterocycles. The van der Waals surface area contributed by atoms with Gasteiger partial charge in [0, 0.05) is 63.6 Å². The highest BCUT2D eigenvalue weighted by Gasteiger charge is 2.27. The summed E-state index contributed by atoms with van der Waals surface area (Å²) in [5.41, 5.74) is 8.24. The summed E-state index contributed by atoms with van der Waals surface area (Å²) < 4.78 is 7.95. The van der Waals surface area contributed by atoms with Crippen molar-refractivity contribution in [2.45, 2.75) is 18.9 Å². The van der Waals surface area contributed by atoms with Gasteiger partial charge in [-0.1, -0.05) is 36.4 Å². The lowest BCUT2D eigenvalue weighted by atomic mass is 10.1. The number of nitrogens with zero attached hydrogens (tertiary/aromatic N) is 5. The molecule has 42 heavy (non-hydrogen) atoms. The van der Waals surface area contributed by atoms with Gasteiger partial charge in [-0.2, -0.15) is 5.10 Å². The van der Waals surface area contributed by atoms with Gasteiger partial charge < -0.3 is 24.8 Å². The summed E-state index contributed by atoms with van der Waals surface area (Å²) in [4.78, 5) is 32.8. The van der Waals surface area contributed by atoms with Crippen molar-refractivity contribution in [2.24, 2.45) is 0 Å². The molecule has 1 atom stereocenters. The highest BCUT2D eigenvalue weighted by Crippen LogP contribution is 2.36. The number of ether oxygens (including phenoxy) is 1. The number of aromatic nitrogens is 3. The highest BCUT2D eigenvalue weighted by atomic mass is 16.5. The van der Waals surface area contributed by atoms with Crippen molar-refractivity contribution < 1.29 is 9.53 Å². The first-order valence-corrected chi connectivity index (χ1v) is 14.5. The quantitative estimate of drug-likeness (QED) is 0.327. The number of benzene rings is 2. The first-order chi connectivity index (χ1) is 20.5. The highest BCUT2D eigenvalue weighted by molar-refractivity contribution is 6.02. The number of aromatic amines is 1. The smallest absolute Gasteiger partial charge is 0.288 e. The Labute approximate surface area is 245 Å². The van der Waals surface area contributed by atoms with Crippen molar-refractivity contribution >= 4 is 22.6 Å². The SMILES string of the molecule is CN1CCN(CC=CC(=O)N2CCC[C@@H](n3cc(-c4ccc(Oc5ccccc5)cc4)c4c(N)n[nH]c(=O)c43)C2)CC1. The Balaban J connectivity index is 1.22. The van der Waals surface area contributed by atoms with E-state index in [2.05, 4.69) is 27.0 Å². The van der Waals surface area contributed by atoms with Crippen LogP contribution >= 0.6 is 0 Å². The number of likely N-dealkylation sites (N-methyl/N-ethyl adjacent to an activating group) is 1. The van der Waals surface area contributed by atoms with E-state index < -0.39 is 0 Å². The van der Waals surface area contributed by atoms with Crippen molar-refractivity contribution in [3.63, 3.8) is 0 Å². The summed E-state index contributed by atoms with van der Waals surface area (Å²) in [5.74, 6) is 1.74. The number of nitrogen functional groups attached to an aromatic ring is 1. The van der Waals surface area contributed by atoms with Gasteiger partial charge >= 0.3 is 0 Å². The number of piperazine rings is 1. The summed E-state index contributed by atoms with van der Waals surface area (Å²) in [6.45, 7) is 6.12. The minimum absolute atomic E-state index is 0.00890. The fraction of sp³-hybridized carbons (Fsp3) is 0.344. The number of hydrogen-bond donors (Lipinski definition) is 2. The standard InChI is InChI=1S/C32H37N7O3/c1-36-17-19-37(20-18-36)15-6-10-28(40)38-16-5-7-24(21-38)39-22-27(29-30(39)32(41)35-34-31(29)33)23-11-13-26(14-12-23)42-25-8-3-2-4-9-25/h2-4,6,8-14,22,24H,5,7,15-21H2,1H3,(H2,33,34)(H,35,41)/t24-/m1/s1. The van der Waals surface area contributed by atoms with Crippen LogP contribution in [0.3, 0.4) is 0 Å². The number of carbonyl (C=O) groups excluding carboxylic acids is 1. The van der Waals surface area contributed by atoms with E-state index in [1.54, 1.807) is 6.08 Å². The molecule has 0 radical (unpaired) electrons. The average molecular weight is 568 g/mol. The molecule has 2 aromatic carbocycles. The van der Waals surface area contributed by atoms with Gasteiger partial charge in [0.2, 0.25) is 5.91 Å². The number of piperidine rings is 1. The largest absolute Gasteiger partial charge is 0.457 e. The van der Waals surface area contributed by atoms with Crippen LogP contribution in [0.15, 0.2) is 77.7 Å². The number of nitrogens with two attached hydrogens (primary N) is 1. The maximum Gasteiger partial charge on any atom is 0.288 e. The van der Waals surface area contributed by atoms with Gasteiger partial charge in [-0.25, -0.2) is 5.10 Å². The minimum Gasteiger partial charge on any atom is -0.457 e. The molecule has 1 amide bonds. The number of H-pyrrole nitrogens is 1. The van der Waals surface area contributed by atoms with E-state index in [-0.39, 0.29) is 23.3 Å². The van der Waals surface area contributed by atoms with Crippen molar-refractivity contribution in [1.29, 1.82) is 0 Å². The molecule has 0 spiro atoms. The van der Waals surface area contributed by atoms with E-state index in [1.807, 2.05) is 76.3 Å². The minimum atomic E-state index is -0.301. The third kappa shape index (κ3) is 5.95. The fourth-order valence-electron chi connectivity index (χ4n) is 5.89. The number of nitrogens with one attached hydrogen (secondary N) is 1. The Hall–Kier alpha value is -4.41. The van der Waals surface area contributed by atoms with Crippen molar-refractivity contribution in [3.8, 4) is 22.6 Å². The Morgan fingerprint density at radius 3 is 2.55 bits per heavy atom. The lowest BCUT2D eigenvalue weighted by molar-refractivity contribution is -0.127. The molecule has 4 heterocycles. The van der Waals surface area contributed by atoms with E-state index in [9.17, 15) is 9.59 Å². The fourth-order valence-corrected chi connectivity index (χ4v) is 5.89. The normalized spacial score (nSPS) is 18.6. The molecule has 2 aliphatic rings. The summed E-state index contributed by atoms with van der Waals surface area (Å²) in [6.07, 6.45) is 7.36. The third-order valence-electron chi connectivity index (χ3n) is 8.25. The number of carbonyl (C=O) groups is 1. The maximum atomic E-state index is 13.1. The van der Waals surface area contributed by atoms with Gasteiger partial charge in [-0.3, -0.25) is 14.5 Å². The monoisotopic (exact) mass is 567 g/mol. The van der Waals surface area contributed by atoms with Crippen LogP contribution in [0, 0.1) is 0 Å². The van der Waals surface area contributed by atoms with Crippen LogP contribution in [-0.2, 0) is 4.79 Å². The number of fused-ring (bicyclic) bond motifs is 1. The average Bonchev–Trinajstić information content (AvgIpc) is 3.43. The molecule has 2 saturated heterocycles. The number of likely N-dealkylation sites (tertiary alicyclic amines) is 1. The van der Waals surface area contributed by atoms with Gasteiger partial charge in [0.1, 0.15) is 17.0 Å². The van der Waals surface area contributed by atoms with Crippen LogP contribution in [0.1, 0.15) is 18.9 Å². The Morgan fingerprint density at radius 2 is 1.79 bits per heavy atom. The second kappa shape index (κ2) is 12.2. The summed E-state index contributed by atoms with van der Waals surface area (Å²) in [5, 5.41) is 7.23. The van der Waals surface area contributed by atoms with E-state index in [0.717, 1.165) is 62.4 Å². The van der Waals surface area contributed by atoms with Crippen molar-refractivity contribution in [1.82, 2.24) is 29.5 Å². The van der Waals surface area contributed by atoms with Crippen LogP contribution in [0.5, 0.6) is 11.5 Å². The molecular formula is C32H37N7O3. The molecule has 3 N–H and O–H groups in total. The zero-order valence-electron chi connectivity index (χ0n) is 23.9. The number of hydrogen-bond acceptors (Lipinski definition) is 7. The van der Waals surface area contributed by atoms with Crippen molar-refractivity contribution in [2.75, 3.05) is 58.6 Å².